The number of carbonyl (C=O) groups is 1. The minimum Gasteiger partial charge on any atom is -0.418 e. The highest BCUT2D eigenvalue weighted by atomic mass is 32.1. The van der Waals surface area contributed by atoms with Crippen LogP contribution in [0.15, 0.2) is 66.1 Å². The van der Waals surface area contributed by atoms with Crippen LogP contribution in [0.25, 0.3) is 20.8 Å². The first-order valence-corrected chi connectivity index (χ1v) is 10.9. The Bertz CT molecular complexity index is 1130. The van der Waals surface area contributed by atoms with Crippen LogP contribution < -0.4 is 5.32 Å². The fraction of sp³-hybridized carbons (Fsp3) is 0.143. The van der Waals surface area contributed by atoms with Gasteiger partial charge in [0.05, 0.1) is 16.5 Å². The number of halogens is 1. The molecule has 2 N–H and O–H groups in total. The molecule has 1 unspecified atom stereocenters. The van der Waals surface area contributed by atoms with Crippen LogP contribution in [-0.2, 0) is 15.7 Å². The van der Waals surface area contributed by atoms with Crippen molar-refractivity contribution >= 4 is 36.3 Å². The summed E-state index contributed by atoms with van der Waals surface area (Å²) in [4.78, 5) is 23.3. The third kappa shape index (κ3) is 5.42. The van der Waals surface area contributed by atoms with E-state index in [1.54, 1.807) is 6.07 Å². The Labute approximate surface area is 178 Å². The largest absolute Gasteiger partial charge is 0.418 e. The van der Waals surface area contributed by atoms with Gasteiger partial charge in [0.2, 0.25) is 0 Å². The zero-order chi connectivity index (χ0) is 21.5. The Morgan fingerprint density at radius 2 is 1.97 bits per heavy atom. The van der Waals surface area contributed by atoms with Gasteiger partial charge in [-0.15, -0.1) is 11.3 Å². The van der Waals surface area contributed by atoms with Crippen LogP contribution in [0.1, 0.15) is 18.9 Å². The van der Waals surface area contributed by atoms with Crippen LogP contribution in [0.3, 0.4) is 0 Å². The average molecular weight is 446 g/mol. The SMILES string of the molecule is CCC1=C(Cc2ccc(-c3nc4cc(F)ccc4s3)cc2)NC(=O)OC=C1.O=[PH2]O. The van der Waals surface area contributed by atoms with Crippen LogP contribution in [0.2, 0.25) is 0 Å². The molecular weight excluding hydrogens is 426 g/mol. The minimum atomic E-state index is -1.50. The summed E-state index contributed by atoms with van der Waals surface area (Å²) < 4.78 is 27.8. The van der Waals surface area contributed by atoms with E-state index in [9.17, 15) is 9.18 Å². The van der Waals surface area contributed by atoms with Gasteiger partial charge in [0.15, 0.2) is 8.69 Å². The van der Waals surface area contributed by atoms with Crippen molar-refractivity contribution in [2.24, 2.45) is 0 Å². The van der Waals surface area contributed by atoms with Gasteiger partial charge < -0.3 is 9.63 Å². The molecule has 0 radical (unpaired) electrons. The molecule has 0 saturated carbocycles. The van der Waals surface area contributed by atoms with Gasteiger partial charge in [-0.2, -0.15) is 0 Å². The molecule has 1 aliphatic rings. The van der Waals surface area contributed by atoms with Gasteiger partial charge in [-0.25, -0.2) is 14.2 Å². The molecule has 1 amide bonds. The number of nitrogens with zero attached hydrogens (tertiary/aromatic N) is 1. The summed E-state index contributed by atoms with van der Waals surface area (Å²) in [6.45, 7) is 2.04. The smallest absolute Gasteiger partial charge is 0.416 e. The second-order valence-corrected chi connectivity index (χ2v) is 7.54. The Morgan fingerprint density at radius 3 is 2.67 bits per heavy atom. The van der Waals surface area contributed by atoms with Crippen molar-refractivity contribution in [3.63, 3.8) is 0 Å². The Balaban J connectivity index is 0.000000806. The first kappa shape index (κ1) is 21.9. The number of hydrogen-bond acceptors (Lipinski definition) is 5. The maximum absolute atomic E-state index is 13.4. The predicted octanol–water partition coefficient (Wildman–Crippen LogP) is 5.21. The molecular formula is C21H20FN2O4PS. The second-order valence-electron chi connectivity index (χ2n) is 6.30. The van der Waals surface area contributed by atoms with E-state index in [2.05, 4.69) is 10.3 Å². The number of allylic oxidation sites excluding steroid dienone is 3. The van der Waals surface area contributed by atoms with Crippen molar-refractivity contribution in [1.29, 1.82) is 0 Å². The number of cyclic esters (lactones) is 1. The number of fused-ring (bicyclic) bond motifs is 1. The van der Waals surface area contributed by atoms with Crippen LogP contribution in [0.5, 0.6) is 0 Å². The summed E-state index contributed by atoms with van der Waals surface area (Å²) in [6, 6.07) is 12.7. The molecule has 1 aliphatic heterocycles. The van der Waals surface area contributed by atoms with Crippen molar-refractivity contribution in [3.05, 3.63) is 77.5 Å². The molecule has 0 fully saturated rings. The van der Waals surface area contributed by atoms with Crippen LogP contribution in [0, 0.1) is 5.82 Å². The summed E-state index contributed by atoms with van der Waals surface area (Å²) in [6.07, 6.45) is 4.18. The van der Waals surface area contributed by atoms with Crippen LogP contribution in [0.4, 0.5) is 9.18 Å². The average Bonchev–Trinajstić information content (AvgIpc) is 3.06. The normalized spacial score (nSPS) is 13.8. The number of benzene rings is 2. The van der Waals surface area contributed by atoms with E-state index in [0.717, 1.165) is 38.5 Å². The molecule has 0 bridgehead atoms. The van der Waals surface area contributed by atoms with E-state index in [4.69, 9.17) is 14.2 Å². The number of amides is 1. The summed E-state index contributed by atoms with van der Waals surface area (Å²) in [5.74, 6) is -0.279. The lowest BCUT2D eigenvalue weighted by atomic mass is 10.0. The Hall–Kier alpha value is -2.80. The van der Waals surface area contributed by atoms with Crippen LogP contribution in [-0.4, -0.2) is 16.0 Å². The van der Waals surface area contributed by atoms with E-state index in [1.165, 1.54) is 29.7 Å². The molecule has 9 heteroatoms. The molecule has 30 heavy (non-hydrogen) atoms. The summed E-state index contributed by atoms with van der Waals surface area (Å²) in [7, 11) is -1.50. The molecule has 0 spiro atoms. The number of aromatic nitrogens is 1. The number of rotatable bonds is 4. The Kier molecular flexibility index (Phi) is 7.52. The van der Waals surface area contributed by atoms with E-state index < -0.39 is 14.8 Å². The molecule has 1 atom stereocenters. The van der Waals surface area contributed by atoms with Crippen molar-refractivity contribution in [3.8, 4) is 10.6 Å². The molecule has 156 valence electrons. The molecule has 2 heterocycles. The standard InChI is InChI=1S/C21H17FN2O2S.H3O2P/c1-2-14-9-10-26-21(25)24-17(14)11-13-3-5-15(6-4-13)20-23-18-12-16(22)7-8-19(18)27-20;1-3-2/h3-10,12H,2,11H2,1H3,(H,24,25);3H2,(H,1,2). The van der Waals surface area contributed by atoms with Gasteiger partial charge in [-0.1, -0.05) is 31.2 Å². The van der Waals surface area contributed by atoms with Crippen molar-refractivity contribution in [2.75, 3.05) is 0 Å². The first-order chi connectivity index (χ1) is 14.5. The Morgan fingerprint density at radius 1 is 1.23 bits per heavy atom. The molecule has 6 nitrogen and oxygen atoms in total. The van der Waals surface area contributed by atoms with E-state index >= 15 is 0 Å². The number of alkyl carbamates (subject to hydrolysis) is 1. The first-order valence-electron chi connectivity index (χ1n) is 9.13. The molecule has 3 aromatic rings. The molecule has 4 rings (SSSR count). The van der Waals surface area contributed by atoms with Crippen molar-refractivity contribution in [1.82, 2.24) is 10.3 Å². The zero-order valence-electron chi connectivity index (χ0n) is 16.1. The predicted molar refractivity (Wildman–Crippen MR) is 117 cm³/mol. The van der Waals surface area contributed by atoms with E-state index in [1.807, 2.05) is 37.3 Å². The fourth-order valence-corrected chi connectivity index (χ4v) is 3.95. The molecule has 0 aliphatic carbocycles. The van der Waals surface area contributed by atoms with Gasteiger partial charge in [0, 0.05) is 23.7 Å². The lowest BCUT2D eigenvalue weighted by molar-refractivity contribution is 0.189. The fourth-order valence-electron chi connectivity index (χ4n) is 2.99. The van der Waals surface area contributed by atoms with Crippen molar-refractivity contribution < 1.29 is 23.4 Å². The lowest BCUT2D eigenvalue weighted by Gasteiger charge is -2.11. The monoisotopic (exact) mass is 446 g/mol. The highest BCUT2D eigenvalue weighted by Crippen LogP contribution is 2.31. The maximum atomic E-state index is 13.4. The number of nitrogens with one attached hydrogen (secondary N) is 1. The number of thiazole rings is 1. The van der Waals surface area contributed by atoms with Crippen LogP contribution >= 0.6 is 20.0 Å². The van der Waals surface area contributed by atoms with E-state index in [0.29, 0.717) is 11.9 Å². The number of hydrogen-bond donors (Lipinski definition) is 2. The van der Waals surface area contributed by atoms with Gasteiger partial charge >= 0.3 is 6.09 Å². The molecule has 0 saturated heterocycles. The summed E-state index contributed by atoms with van der Waals surface area (Å²) >= 11 is 1.54. The topological polar surface area (TPSA) is 88.5 Å². The van der Waals surface area contributed by atoms with Gasteiger partial charge in [-0.05, 0) is 35.8 Å². The zero-order valence-corrected chi connectivity index (χ0v) is 18.1. The minimum absolute atomic E-state index is 0.279. The summed E-state index contributed by atoms with van der Waals surface area (Å²) in [5, 5.41) is 3.66. The number of carbonyl (C=O) groups excluding carboxylic acids is 1. The van der Waals surface area contributed by atoms with E-state index in [-0.39, 0.29) is 5.82 Å². The third-order valence-electron chi connectivity index (χ3n) is 4.40. The number of ether oxygens (including phenoxy) is 1. The van der Waals surface area contributed by atoms with Gasteiger partial charge in [0.1, 0.15) is 10.8 Å². The highest BCUT2D eigenvalue weighted by Gasteiger charge is 2.13. The quantitative estimate of drug-likeness (QED) is 0.537. The van der Waals surface area contributed by atoms with Crippen molar-refractivity contribution in [2.45, 2.75) is 19.8 Å². The molecule has 1 aromatic heterocycles. The summed E-state index contributed by atoms with van der Waals surface area (Å²) in [5.41, 5.74) is 4.61. The third-order valence-corrected chi connectivity index (χ3v) is 5.48. The van der Waals surface area contributed by atoms with Gasteiger partial charge in [-0.3, -0.25) is 9.88 Å². The second kappa shape index (κ2) is 10.3. The maximum Gasteiger partial charge on any atom is 0.416 e. The molecule has 2 aromatic carbocycles. The van der Waals surface area contributed by atoms with Gasteiger partial charge in [0.25, 0.3) is 0 Å². The lowest BCUT2D eigenvalue weighted by Crippen LogP contribution is -2.23. The highest BCUT2D eigenvalue weighted by molar-refractivity contribution is 7.21.